The van der Waals surface area contributed by atoms with Gasteiger partial charge in [0.2, 0.25) is 0 Å². The molecule has 106 valence electrons. The fraction of sp³-hybridized carbons (Fsp3) is 0.615. The average molecular weight is 347 g/mol. The van der Waals surface area contributed by atoms with E-state index in [0.717, 1.165) is 29.6 Å². The molecular formula is C13H19BrN2O2S. The summed E-state index contributed by atoms with van der Waals surface area (Å²) in [4.78, 5) is 4.34. The maximum Gasteiger partial charge on any atom is 0.150 e. The summed E-state index contributed by atoms with van der Waals surface area (Å²) in [6.07, 6.45) is 3.33. The minimum Gasteiger partial charge on any atom is -0.309 e. The number of aromatic nitrogens is 1. The van der Waals surface area contributed by atoms with E-state index in [0.29, 0.717) is 17.4 Å². The normalized spacial score (nSPS) is 21.2. The molecule has 1 atom stereocenters. The molecule has 2 heterocycles. The molecule has 0 saturated carbocycles. The van der Waals surface area contributed by atoms with Crippen LogP contribution in [0.5, 0.6) is 0 Å². The van der Waals surface area contributed by atoms with Crippen molar-refractivity contribution in [3.05, 3.63) is 28.5 Å². The Bertz CT molecular complexity index is 519. The number of sulfone groups is 1. The lowest BCUT2D eigenvalue weighted by Crippen LogP contribution is -2.32. The van der Waals surface area contributed by atoms with Crippen molar-refractivity contribution in [1.29, 1.82) is 0 Å². The van der Waals surface area contributed by atoms with Crippen molar-refractivity contribution < 1.29 is 8.42 Å². The first-order valence-corrected chi connectivity index (χ1v) is 9.13. The van der Waals surface area contributed by atoms with Crippen LogP contribution in [-0.2, 0) is 9.84 Å². The first kappa shape index (κ1) is 14.9. The van der Waals surface area contributed by atoms with Gasteiger partial charge in [0.05, 0.1) is 17.2 Å². The van der Waals surface area contributed by atoms with Gasteiger partial charge >= 0.3 is 0 Å². The summed E-state index contributed by atoms with van der Waals surface area (Å²) < 4.78 is 23.7. The highest BCUT2D eigenvalue weighted by Gasteiger charge is 2.23. The molecular weight excluding hydrogens is 328 g/mol. The van der Waals surface area contributed by atoms with Crippen LogP contribution in [-0.4, -0.2) is 31.5 Å². The van der Waals surface area contributed by atoms with E-state index in [1.165, 1.54) is 0 Å². The zero-order chi connectivity index (χ0) is 13.9. The van der Waals surface area contributed by atoms with Crippen LogP contribution in [0.3, 0.4) is 0 Å². The van der Waals surface area contributed by atoms with Crippen molar-refractivity contribution in [2.75, 3.05) is 18.1 Å². The Hall–Kier alpha value is -0.460. The van der Waals surface area contributed by atoms with E-state index in [4.69, 9.17) is 0 Å². The van der Waals surface area contributed by atoms with Crippen molar-refractivity contribution in [2.24, 2.45) is 5.92 Å². The van der Waals surface area contributed by atoms with Crippen LogP contribution >= 0.6 is 15.9 Å². The average Bonchev–Trinajstić information content (AvgIpc) is 2.37. The van der Waals surface area contributed by atoms with Gasteiger partial charge in [-0.3, -0.25) is 4.98 Å². The molecule has 1 aliphatic heterocycles. The summed E-state index contributed by atoms with van der Waals surface area (Å²) in [7, 11) is -2.76. The Kier molecular flexibility index (Phi) is 4.97. The third-order valence-corrected chi connectivity index (χ3v) is 5.78. The van der Waals surface area contributed by atoms with Crippen LogP contribution in [0.25, 0.3) is 0 Å². The van der Waals surface area contributed by atoms with Crippen LogP contribution in [0.1, 0.15) is 31.5 Å². The van der Waals surface area contributed by atoms with Gasteiger partial charge in [0.15, 0.2) is 0 Å². The third-order valence-electron chi connectivity index (χ3n) is 3.57. The van der Waals surface area contributed by atoms with Gasteiger partial charge in [-0.05, 0) is 44.4 Å². The summed E-state index contributed by atoms with van der Waals surface area (Å²) in [5.41, 5.74) is 0.998. The van der Waals surface area contributed by atoms with Gasteiger partial charge in [-0.25, -0.2) is 8.42 Å². The second-order valence-corrected chi connectivity index (χ2v) is 8.34. The lowest BCUT2D eigenvalue weighted by molar-refractivity contribution is 0.407. The maximum absolute atomic E-state index is 11.4. The van der Waals surface area contributed by atoms with Gasteiger partial charge < -0.3 is 5.32 Å². The molecule has 1 N–H and O–H groups in total. The molecule has 0 amide bonds. The lowest BCUT2D eigenvalue weighted by atomic mass is 10.0. The summed E-state index contributed by atoms with van der Waals surface area (Å²) in [6, 6.07) is 4.08. The topological polar surface area (TPSA) is 59.1 Å². The Morgan fingerprint density at radius 2 is 2.16 bits per heavy atom. The summed E-state index contributed by atoms with van der Waals surface area (Å²) >= 11 is 3.44. The second kappa shape index (κ2) is 6.33. The SMILES string of the molecule is CC(NCC1CCS(=O)(=O)CC1)c1cc(Br)ccn1. The molecule has 1 aromatic heterocycles. The molecule has 1 aromatic rings. The largest absolute Gasteiger partial charge is 0.309 e. The van der Waals surface area contributed by atoms with Crippen LogP contribution in [0.2, 0.25) is 0 Å². The molecule has 0 aromatic carbocycles. The lowest BCUT2D eigenvalue weighted by Gasteiger charge is -2.24. The highest BCUT2D eigenvalue weighted by atomic mass is 79.9. The van der Waals surface area contributed by atoms with Crippen molar-refractivity contribution >= 4 is 25.8 Å². The quantitative estimate of drug-likeness (QED) is 0.908. The van der Waals surface area contributed by atoms with Crippen molar-refractivity contribution in [1.82, 2.24) is 10.3 Å². The Morgan fingerprint density at radius 3 is 2.79 bits per heavy atom. The highest BCUT2D eigenvalue weighted by Crippen LogP contribution is 2.20. The molecule has 1 unspecified atom stereocenters. The monoisotopic (exact) mass is 346 g/mol. The van der Waals surface area contributed by atoms with Crippen LogP contribution in [0, 0.1) is 5.92 Å². The second-order valence-electron chi connectivity index (χ2n) is 5.12. The number of nitrogens with zero attached hydrogens (tertiary/aromatic N) is 1. The Labute approximate surface area is 123 Å². The van der Waals surface area contributed by atoms with Crippen LogP contribution in [0.4, 0.5) is 0 Å². The van der Waals surface area contributed by atoms with E-state index < -0.39 is 9.84 Å². The number of nitrogens with one attached hydrogen (secondary N) is 1. The summed E-state index contributed by atoms with van der Waals surface area (Å²) in [5, 5.41) is 3.45. The number of hydrogen-bond donors (Lipinski definition) is 1. The predicted molar refractivity (Wildman–Crippen MR) is 79.7 cm³/mol. The zero-order valence-electron chi connectivity index (χ0n) is 11.0. The number of rotatable bonds is 4. The summed E-state index contributed by atoms with van der Waals surface area (Å²) in [6.45, 7) is 2.93. The van der Waals surface area contributed by atoms with E-state index in [-0.39, 0.29) is 6.04 Å². The zero-order valence-corrected chi connectivity index (χ0v) is 13.4. The molecule has 6 heteroatoms. The van der Waals surface area contributed by atoms with E-state index in [9.17, 15) is 8.42 Å². The standard InChI is InChI=1S/C13H19BrN2O2S/c1-10(13-8-12(14)2-5-15-13)16-9-11-3-6-19(17,18)7-4-11/h2,5,8,10-11,16H,3-4,6-7,9H2,1H3. The molecule has 1 fully saturated rings. The molecule has 0 aliphatic carbocycles. The molecule has 1 saturated heterocycles. The minimum atomic E-state index is -2.76. The molecule has 0 radical (unpaired) electrons. The Morgan fingerprint density at radius 1 is 1.47 bits per heavy atom. The number of halogens is 1. The smallest absolute Gasteiger partial charge is 0.150 e. The maximum atomic E-state index is 11.4. The molecule has 0 bridgehead atoms. The van der Waals surface area contributed by atoms with Gasteiger partial charge in [-0.15, -0.1) is 0 Å². The first-order chi connectivity index (χ1) is 8.96. The highest BCUT2D eigenvalue weighted by molar-refractivity contribution is 9.10. The van der Waals surface area contributed by atoms with E-state index in [2.05, 4.69) is 33.2 Å². The van der Waals surface area contributed by atoms with Gasteiger partial charge in [-0.2, -0.15) is 0 Å². The molecule has 2 rings (SSSR count). The molecule has 0 spiro atoms. The Balaban J connectivity index is 1.83. The summed E-state index contributed by atoms with van der Waals surface area (Å²) in [5.74, 6) is 1.13. The van der Waals surface area contributed by atoms with E-state index in [1.54, 1.807) is 6.20 Å². The van der Waals surface area contributed by atoms with E-state index in [1.807, 2.05) is 12.1 Å². The fourth-order valence-corrected chi connectivity index (χ4v) is 4.19. The predicted octanol–water partition coefficient (Wildman–Crippen LogP) is 2.32. The van der Waals surface area contributed by atoms with Gasteiger partial charge in [-0.1, -0.05) is 15.9 Å². The van der Waals surface area contributed by atoms with Gasteiger partial charge in [0.25, 0.3) is 0 Å². The minimum absolute atomic E-state index is 0.177. The fourth-order valence-electron chi connectivity index (χ4n) is 2.25. The number of hydrogen-bond acceptors (Lipinski definition) is 4. The molecule has 19 heavy (non-hydrogen) atoms. The third kappa shape index (κ3) is 4.54. The van der Waals surface area contributed by atoms with Crippen LogP contribution < -0.4 is 5.32 Å². The van der Waals surface area contributed by atoms with Crippen LogP contribution in [0.15, 0.2) is 22.8 Å². The van der Waals surface area contributed by atoms with E-state index >= 15 is 0 Å². The number of pyridine rings is 1. The van der Waals surface area contributed by atoms with Crippen molar-refractivity contribution in [3.63, 3.8) is 0 Å². The molecule has 4 nitrogen and oxygen atoms in total. The molecule has 1 aliphatic rings. The van der Waals surface area contributed by atoms with Gasteiger partial charge in [0.1, 0.15) is 9.84 Å². The first-order valence-electron chi connectivity index (χ1n) is 6.51. The van der Waals surface area contributed by atoms with Gasteiger partial charge in [0, 0.05) is 16.7 Å². The van der Waals surface area contributed by atoms with Crippen molar-refractivity contribution in [3.8, 4) is 0 Å². The van der Waals surface area contributed by atoms with Crippen molar-refractivity contribution in [2.45, 2.75) is 25.8 Å².